The van der Waals surface area contributed by atoms with E-state index in [1.807, 2.05) is 0 Å². The molecule has 1 aliphatic heterocycles. The molecule has 10 heteroatoms. The minimum absolute atomic E-state index is 0.0366. The fourth-order valence-corrected chi connectivity index (χ4v) is 2.79. The first-order chi connectivity index (χ1) is 8.84. The topological polar surface area (TPSA) is 92.5 Å². The van der Waals surface area contributed by atoms with Crippen LogP contribution in [0.15, 0.2) is 0 Å². The van der Waals surface area contributed by atoms with Crippen LogP contribution >= 0.6 is 0 Å². The summed E-state index contributed by atoms with van der Waals surface area (Å²) >= 11 is 0. The second kappa shape index (κ2) is 5.49. The van der Waals surface area contributed by atoms with Crippen molar-refractivity contribution in [3.05, 3.63) is 0 Å². The van der Waals surface area contributed by atoms with Crippen LogP contribution in [0.1, 0.15) is 19.8 Å². The summed E-state index contributed by atoms with van der Waals surface area (Å²) in [5.74, 6) is -1.19. The average molecular weight is 317 g/mol. The zero-order valence-electron chi connectivity index (χ0n) is 11.2. The van der Waals surface area contributed by atoms with Gasteiger partial charge < -0.3 is 10.6 Å². The highest BCUT2D eigenvalue weighted by Crippen LogP contribution is 2.30. The Bertz CT molecular complexity index is 468. The molecule has 118 valence electrons. The molecule has 1 rings (SSSR count). The van der Waals surface area contributed by atoms with Gasteiger partial charge in [0.05, 0.1) is 6.26 Å². The minimum atomic E-state index is -4.83. The lowest BCUT2D eigenvalue weighted by atomic mass is 9.98. The molecule has 0 bridgehead atoms. The molecule has 1 atom stereocenters. The summed E-state index contributed by atoms with van der Waals surface area (Å²) in [7, 11) is -3.37. The molecule has 20 heavy (non-hydrogen) atoms. The van der Waals surface area contributed by atoms with Gasteiger partial charge in [0.25, 0.3) is 5.91 Å². The van der Waals surface area contributed by atoms with Crippen LogP contribution in [-0.4, -0.2) is 56.3 Å². The smallest absolute Gasteiger partial charge is 0.341 e. The highest BCUT2D eigenvalue weighted by molar-refractivity contribution is 7.88. The van der Waals surface area contributed by atoms with Gasteiger partial charge in [-0.3, -0.25) is 4.79 Å². The van der Waals surface area contributed by atoms with Gasteiger partial charge in [0.15, 0.2) is 5.54 Å². The van der Waals surface area contributed by atoms with Crippen molar-refractivity contribution in [2.45, 2.75) is 37.5 Å². The van der Waals surface area contributed by atoms with Gasteiger partial charge in [-0.25, -0.2) is 13.1 Å². The number of nitrogens with zero attached hydrogens (tertiary/aromatic N) is 1. The first-order valence-electron chi connectivity index (χ1n) is 5.97. The Morgan fingerprint density at radius 3 is 2.10 bits per heavy atom. The van der Waals surface area contributed by atoms with E-state index in [4.69, 9.17) is 5.73 Å². The number of piperidine rings is 1. The Hall–Kier alpha value is -0.870. The highest BCUT2D eigenvalue weighted by atomic mass is 32.2. The van der Waals surface area contributed by atoms with Crippen LogP contribution in [0.4, 0.5) is 13.2 Å². The monoisotopic (exact) mass is 317 g/mol. The maximum Gasteiger partial charge on any atom is 0.415 e. The summed E-state index contributed by atoms with van der Waals surface area (Å²) in [6.45, 7) is 0.708. The Balaban J connectivity index is 2.64. The number of carbonyl (C=O) groups excluding carboxylic acids is 1. The third-order valence-corrected chi connectivity index (χ3v) is 3.96. The molecule has 0 spiro atoms. The zero-order valence-corrected chi connectivity index (χ0v) is 12.0. The van der Waals surface area contributed by atoms with Crippen LogP contribution < -0.4 is 10.5 Å². The standard InChI is InChI=1S/C10H18F3N3O3S/c1-9(14,10(11,12)13)8(17)16-5-3-7(4-6-16)15-20(2,18)19/h7,15H,3-6,14H2,1-2H3. The molecular weight excluding hydrogens is 299 g/mol. The summed E-state index contributed by atoms with van der Waals surface area (Å²) < 4.78 is 62.5. The summed E-state index contributed by atoms with van der Waals surface area (Å²) in [5, 5.41) is 0. The van der Waals surface area contributed by atoms with E-state index in [0.717, 1.165) is 11.2 Å². The van der Waals surface area contributed by atoms with Gasteiger partial charge in [-0.1, -0.05) is 0 Å². The van der Waals surface area contributed by atoms with Crippen molar-refractivity contribution in [2.75, 3.05) is 19.3 Å². The number of alkyl halides is 3. The molecule has 1 unspecified atom stereocenters. The number of hydrogen-bond donors (Lipinski definition) is 2. The predicted molar refractivity (Wildman–Crippen MR) is 66.2 cm³/mol. The quantitative estimate of drug-likeness (QED) is 0.754. The third-order valence-electron chi connectivity index (χ3n) is 3.20. The van der Waals surface area contributed by atoms with Crippen molar-refractivity contribution < 1.29 is 26.4 Å². The highest BCUT2D eigenvalue weighted by Gasteiger charge is 2.55. The van der Waals surface area contributed by atoms with Gasteiger partial charge in [0.1, 0.15) is 0 Å². The van der Waals surface area contributed by atoms with Gasteiger partial charge in [-0.05, 0) is 19.8 Å². The number of halogens is 3. The second-order valence-corrected chi connectivity index (χ2v) is 6.94. The average Bonchev–Trinajstić information content (AvgIpc) is 2.25. The Labute approximate surface area is 115 Å². The first kappa shape index (κ1) is 17.2. The van der Waals surface area contributed by atoms with Crippen molar-refractivity contribution >= 4 is 15.9 Å². The van der Waals surface area contributed by atoms with Crippen LogP contribution in [0, 0.1) is 0 Å². The molecule has 3 N–H and O–H groups in total. The number of nitrogens with two attached hydrogens (primary N) is 1. The molecule has 1 amide bonds. The van der Waals surface area contributed by atoms with Gasteiger partial charge >= 0.3 is 6.18 Å². The number of carbonyl (C=O) groups is 1. The summed E-state index contributed by atoms with van der Waals surface area (Å²) in [5.41, 5.74) is 2.15. The Kier molecular flexibility index (Phi) is 4.72. The number of amides is 1. The lowest BCUT2D eigenvalue weighted by Gasteiger charge is -2.37. The summed E-state index contributed by atoms with van der Waals surface area (Å²) in [6, 6.07) is -0.371. The summed E-state index contributed by atoms with van der Waals surface area (Å²) in [6.07, 6.45) is -3.31. The van der Waals surface area contributed by atoms with Gasteiger partial charge in [0, 0.05) is 19.1 Å². The molecule has 1 aliphatic rings. The second-order valence-electron chi connectivity index (χ2n) is 5.16. The van der Waals surface area contributed by atoms with Crippen molar-refractivity contribution in [1.82, 2.24) is 9.62 Å². The van der Waals surface area contributed by atoms with Crippen LogP contribution in [0.2, 0.25) is 0 Å². The number of likely N-dealkylation sites (tertiary alicyclic amines) is 1. The summed E-state index contributed by atoms with van der Waals surface area (Å²) in [4.78, 5) is 12.8. The van der Waals surface area contributed by atoms with E-state index in [0.29, 0.717) is 6.92 Å². The van der Waals surface area contributed by atoms with E-state index in [1.165, 1.54) is 0 Å². The predicted octanol–water partition coefficient (Wildman–Crippen LogP) is -0.194. The lowest BCUT2D eigenvalue weighted by Crippen LogP contribution is -2.63. The minimum Gasteiger partial charge on any atom is -0.341 e. The molecular formula is C10H18F3N3O3S. The van der Waals surface area contributed by atoms with Crippen molar-refractivity contribution in [3.8, 4) is 0 Å². The molecule has 0 aromatic rings. The fourth-order valence-electron chi connectivity index (χ4n) is 1.95. The third kappa shape index (κ3) is 4.06. The van der Waals surface area contributed by atoms with E-state index in [2.05, 4.69) is 4.72 Å². The number of sulfonamides is 1. The first-order valence-corrected chi connectivity index (χ1v) is 7.86. The van der Waals surface area contributed by atoms with E-state index in [9.17, 15) is 26.4 Å². The van der Waals surface area contributed by atoms with Gasteiger partial charge in [-0.15, -0.1) is 0 Å². The molecule has 0 aromatic heterocycles. The van der Waals surface area contributed by atoms with Crippen molar-refractivity contribution in [2.24, 2.45) is 5.73 Å². The van der Waals surface area contributed by atoms with E-state index in [1.54, 1.807) is 0 Å². The van der Waals surface area contributed by atoms with E-state index in [-0.39, 0.29) is 32.0 Å². The van der Waals surface area contributed by atoms with Gasteiger partial charge in [-0.2, -0.15) is 13.2 Å². The molecule has 1 saturated heterocycles. The van der Waals surface area contributed by atoms with Crippen molar-refractivity contribution in [3.63, 3.8) is 0 Å². The maximum absolute atomic E-state index is 12.7. The number of rotatable bonds is 3. The normalized spacial score (nSPS) is 21.6. The Morgan fingerprint density at radius 1 is 1.30 bits per heavy atom. The Morgan fingerprint density at radius 2 is 1.75 bits per heavy atom. The molecule has 0 aliphatic carbocycles. The van der Waals surface area contributed by atoms with E-state index >= 15 is 0 Å². The number of nitrogens with one attached hydrogen (secondary N) is 1. The molecule has 6 nitrogen and oxygen atoms in total. The molecule has 1 fully saturated rings. The van der Waals surface area contributed by atoms with Crippen molar-refractivity contribution in [1.29, 1.82) is 0 Å². The van der Waals surface area contributed by atoms with E-state index < -0.39 is 27.6 Å². The SMILES string of the molecule is CC(N)(C(=O)N1CCC(NS(C)(=O)=O)CC1)C(F)(F)F. The molecule has 1 heterocycles. The molecule has 0 radical (unpaired) electrons. The maximum atomic E-state index is 12.7. The molecule has 0 aromatic carbocycles. The van der Waals surface area contributed by atoms with Crippen LogP contribution in [0.25, 0.3) is 0 Å². The zero-order chi connectivity index (χ0) is 15.8. The number of hydrogen-bond acceptors (Lipinski definition) is 4. The largest absolute Gasteiger partial charge is 0.415 e. The van der Waals surface area contributed by atoms with Crippen LogP contribution in [0.5, 0.6) is 0 Å². The van der Waals surface area contributed by atoms with Crippen LogP contribution in [0.3, 0.4) is 0 Å². The lowest BCUT2D eigenvalue weighted by molar-refractivity contribution is -0.194. The molecule has 0 saturated carbocycles. The fraction of sp³-hybridized carbons (Fsp3) is 0.900. The van der Waals surface area contributed by atoms with Gasteiger partial charge in [0.2, 0.25) is 10.0 Å². The van der Waals surface area contributed by atoms with Crippen LogP contribution in [-0.2, 0) is 14.8 Å².